The van der Waals surface area contributed by atoms with E-state index in [1.807, 2.05) is 43.3 Å². The van der Waals surface area contributed by atoms with Crippen molar-refractivity contribution in [1.29, 1.82) is 0 Å². The lowest BCUT2D eigenvalue weighted by Crippen LogP contribution is -2.21. The van der Waals surface area contributed by atoms with Crippen LogP contribution < -0.4 is 10.2 Å². The molecule has 0 saturated carbocycles. The van der Waals surface area contributed by atoms with Crippen LogP contribution in [0.1, 0.15) is 12.5 Å². The van der Waals surface area contributed by atoms with E-state index >= 15 is 0 Å². The average Bonchev–Trinajstić information content (AvgIpc) is 2.67. The molecule has 0 aliphatic heterocycles. The fourth-order valence-corrected chi connectivity index (χ4v) is 2.58. The Balaban J connectivity index is 2.13. The lowest BCUT2D eigenvalue weighted by atomic mass is 10.2. The number of pyridine rings is 1. The van der Waals surface area contributed by atoms with Gasteiger partial charge in [0.15, 0.2) is 0 Å². The van der Waals surface area contributed by atoms with E-state index in [0.717, 1.165) is 5.56 Å². The quantitative estimate of drug-likeness (QED) is 0.514. The molecular formula is C18H18N6O2. The molecule has 2 heterocycles. The molecule has 0 aliphatic rings. The summed E-state index contributed by atoms with van der Waals surface area (Å²) in [5.41, 5.74) is 0.812. The van der Waals surface area contributed by atoms with Gasteiger partial charge in [-0.1, -0.05) is 36.4 Å². The molecule has 0 spiro atoms. The second-order valence-electron chi connectivity index (χ2n) is 5.44. The molecule has 0 amide bonds. The summed E-state index contributed by atoms with van der Waals surface area (Å²) in [6.07, 6.45) is 2.97. The van der Waals surface area contributed by atoms with Gasteiger partial charge >= 0.3 is 5.69 Å². The van der Waals surface area contributed by atoms with Crippen molar-refractivity contribution in [3.8, 4) is 0 Å². The monoisotopic (exact) mass is 350 g/mol. The molecule has 26 heavy (non-hydrogen) atoms. The summed E-state index contributed by atoms with van der Waals surface area (Å²) in [6.45, 7) is 2.76. The molecular weight excluding hydrogens is 332 g/mol. The number of anilines is 3. The highest BCUT2D eigenvalue weighted by Crippen LogP contribution is 2.35. The van der Waals surface area contributed by atoms with Gasteiger partial charge in [0.05, 0.1) is 11.5 Å². The van der Waals surface area contributed by atoms with Crippen LogP contribution in [-0.2, 0) is 6.54 Å². The minimum atomic E-state index is -0.464. The van der Waals surface area contributed by atoms with E-state index in [-0.39, 0.29) is 17.3 Å². The van der Waals surface area contributed by atoms with Gasteiger partial charge in [-0.05, 0) is 24.6 Å². The fraction of sp³-hybridized carbons (Fsp3) is 0.167. The van der Waals surface area contributed by atoms with Crippen LogP contribution in [0.15, 0.2) is 61.1 Å². The van der Waals surface area contributed by atoms with Crippen molar-refractivity contribution in [2.75, 3.05) is 16.8 Å². The Bertz CT molecular complexity index is 873. The first-order valence-electron chi connectivity index (χ1n) is 8.16. The van der Waals surface area contributed by atoms with E-state index in [9.17, 15) is 10.1 Å². The van der Waals surface area contributed by atoms with Crippen molar-refractivity contribution in [1.82, 2.24) is 15.0 Å². The van der Waals surface area contributed by atoms with Crippen LogP contribution in [0, 0.1) is 10.1 Å². The van der Waals surface area contributed by atoms with E-state index in [0.29, 0.717) is 18.9 Å². The summed E-state index contributed by atoms with van der Waals surface area (Å²) in [6, 6.07) is 15.1. The summed E-state index contributed by atoms with van der Waals surface area (Å²) >= 11 is 0. The number of nitrogens with zero attached hydrogens (tertiary/aromatic N) is 5. The standard InChI is InChI=1S/C18H18N6O2/c1-2-19-17-16(24(25)26)18(22-13-21-17)23(15-10-6-7-11-20-15)12-14-8-4-3-5-9-14/h3-11,13H,2,12H2,1H3,(H,19,21,22). The summed E-state index contributed by atoms with van der Waals surface area (Å²) in [7, 11) is 0. The first kappa shape index (κ1) is 17.3. The highest BCUT2D eigenvalue weighted by atomic mass is 16.6. The Hall–Kier alpha value is -3.55. The van der Waals surface area contributed by atoms with Gasteiger partial charge in [0, 0.05) is 12.7 Å². The highest BCUT2D eigenvalue weighted by molar-refractivity contribution is 5.74. The third-order valence-electron chi connectivity index (χ3n) is 3.69. The SMILES string of the molecule is CCNc1ncnc(N(Cc2ccccc2)c2ccccn2)c1[N+](=O)[O-]. The first-order valence-corrected chi connectivity index (χ1v) is 8.16. The van der Waals surface area contributed by atoms with Crippen molar-refractivity contribution in [3.05, 3.63) is 76.7 Å². The van der Waals surface area contributed by atoms with Gasteiger partial charge in [-0.25, -0.2) is 15.0 Å². The summed E-state index contributed by atoms with van der Waals surface area (Å²) in [5, 5.41) is 14.7. The molecule has 2 aromatic heterocycles. The van der Waals surface area contributed by atoms with Crippen molar-refractivity contribution in [2.24, 2.45) is 0 Å². The summed E-state index contributed by atoms with van der Waals surface area (Å²) < 4.78 is 0. The van der Waals surface area contributed by atoms with Gasteiger partial charge in [-0.15, -0.1) is 0 Å². The third kappa shape index (κ3) is 3.75. The van der Waals surface area contributed by atoms with Crippen LogP contribution in [0.5, 0.6) is 0 Å². The van der Waals surface area contributed by atoms with E-state index in [2.05, 4.69) is 20.3 Å². The molecule has 0 radical (unpaired) electrons. The number of rotatable bonds is 7. The number of hydrogen-bond acceptors (Lipinski definition) is 7. The zero-order valence-corrected chi connectivity index (χ0v) is 14.2. The lowest BCUT2D eigenvalue weighted by Gasteiger charge is -2.23. The van der Waals surface area contributed by atoms with Crippen LogP contribution in [-0.4, -0.2) is 26.4 Å². The van der Waals surface area contributed by atoms with Crippen LogP contribution in [0.2, 0.25) is 0 Å². The number of hydrogen-bond donors (Lipinski definition) is 1. The third-order valence-corrected chi connectivity index (χ3v) is 3.69. The highest BCUT2D eigenvalue weighted by Gasteiger charge is 2.28. The second-order valence-corrected chi connectivity index (χ2v) is 5.44. The normalized spacial score (nSPS) is 10.3. The van der Waals surface area contributed by atoms with Crippen molar-refractivity contribution >= 4 is 23.1 Å². The molecule has 3 rings (SSSR count). The number of nitrogens with one attached hydrogen (secondary N) is 1. The van der Waals surface area contributed by atoms with Gasteiger partial charge in [0.1, 0.15) is 12.1 Å². The Morgan fingerprint density at radius 1 is 1.08 bits per heavy atom. The number of benzene rings is 1. The maximum absolute atomic E-state index is 11.7. The Kier molecular flexibility index (Phi) is 5.33. The molecule has 0 aliphatic carbocycles. The molecule has 8 heteroatoms. The average molecular weight is 350 g/mol. The van der Waals surface area contributed by atoms with Gasteiger partial charge in [-0.2, -0.15) is 0 Å². The zero-order chi connectivity index (χ0) is 18.4. The molecule has 1 aromatic carbocycles. The molecule has 132 valence electrons. The first-order chi connectivity index (χ1) is 12.7. The lowest BCUT2D eigenvalue weighted by molar-refractivity contribution is -0.383. The topological polar surface area (TPSA) is 97.1 Å². The number of aromatic nitrogens is 3. The van der Waals surface area contributed by atoms with Crippen molar-refractivity contribution in [3.63, 3.8) is 0 Å². The molecule has 0 unspecified atom stereocenters. The second kappa shape index (κ2) is 8.02. The minimum Gasteiger partial charge on any atom is -0.364 e. The largest absolute Gasteiger partial charge is 0.364 e. The maximum Gasteiger partial charge on any atom is 0.353 e. The zero-order valence-electron chi connectivity index (χ0n) is 14.2. The molecule has 0 atom stereocenters. The predicted octanol–water partition coefficient (Wildman–Crippen LogP) is 3.55. The molecule has 3 aromatic rings. The number of nitro groups is 1. The predicted molar refractivity (Wildman–Crippen MR) is 99.4 cm³/mol. The molecule has 0 fully saturated rings. The van der Waals surface area contributed by atoms with Crippen molar-refractivity contribution in [2.45, 2.75) is 13.5 Å². The maximum atomic E-state index is 11.7. The fourth-order valence-electron chi connectivity index (χ4n) is 2.58. The molecule has 0 bridgehead atoms. The summed E-state index contributed by atoms with van der Waals surface area (Å²) in [4.78, 5) is 25.6. The van der Waals surface area contributed by atoms with Crippen LogP contribution in [0.25, 0.3) is 0 Å². The minimum absolute atomic E-state index is 0.170. The van der Waals surface area contributed by atoms with E-state index < -0.39 is 4.92 Å². The van der Waals surface area contributed by atoms with Gasteiger partial charge in [-0.3, -0.25) is 10.1 Å². The smallest absolute Gasteiger partial charge is 0.353 e. The van der Waals surface area contributed by atoms with Gasteiger partial charge in [0.25, 0.3) is 0 Å². The molecule has 0 saturated heterocycles. The molecule has 1 N–H and O–H groups in total. The Labute approximate surface area is 150 Å². The van der Waals surface area contributed by atoms with Crippen LogP contribution in [0.4, 0.5) is 23.1 Å². The Morgan fingerprint density at radius 2 is 1.85 bits per heavy atom. The van der Waals surface area contributed by atoms with Gasteiger partial charge < -0.3 is 10.2 Å². The van der Waals surface area contributed by atoms with E-state index in [1.54, 1.807) is 23.2 Å². The summed E-state index contributed by atoms with van der Waals surface area (Å²) in [5.74, 6) is 0.959. The molecule has 8 nitrogen and oxygen atoms in total. The van der Waals surface area contributed by atoms with E-state index in [4.69, 9.17) is 0 Å². The van der Waals surface area contributed by atoms with Crippen molar-refractivity contribution < 1.29 is 4.92 Å². The van der Waals surface area contributed by atoms with Gasteiger partial charge in [0.2, 0.25) is 11.6 Å². The van der Waals surface area contributed by atoms with E-state index in [1.165, 1.54) is 6.33 Å². The Morgan fingerprint density at radius 3 is 2.50 bits per heavy atom. The van der Waals surface area contributed by atoms with Crippen LogP contribution in [0.3, 0.4) is 0 Å². The van der Waals surface area contributed by atoms with Crippen LogP contribution >= 0.6 is 0 Å².